The highest BCUT2D eigenvalue weighted by Crippen LogP contribution is 2.23. The molecular weight excluding hydrogens is 242 g/mol. The second-order valence-corrected chi connectivity index (χ2v) is 5.84. The van der Waals surface area contributed by atoms with E-state index in [0.29, 0.717) is 5.56 Å². The third kappa shape index (κ3) is 3.04. The summed E-state index contributed by atoms with van der Waals surface area (Å²) in [4.78, 5) is 19.8. The second kappa shape index (κ2) is 5.17. The van der Waals surface area contributed by atoms with Crippen molar-refractivity contribution in [1.29, 1.82) is 0 Å². The fraction of sp³-hybridized carbons (Fsp3) is 0.571. The molecule has 2 rings (SSSR count). The van der Waals surface area contributed by atoms with Gasteiger partial charge in [0.15, 0.2) is 0 Å². The Hall–Kier alpha value is -1.62. The number of pyridine rings is 1. The van der Waals surface area contributed by atoms with Crippen molar-refractivity contribution in [3.63, 3.8) is 0 Å². The van der Waals surface area contributed by atoms with Crippen LogP contribution in [0.4, 0.5) is 5.69 Å². The first kappa shape index (κ1) is 13.8. The van der Waals surface area contributed by atoms with Crippen LogP contribution in [0, 0.1) is 0 Å². The average Bonchev–Trinajstić information content (AvgIpc) is 2.38. The molecule has 1 aromatic rings. The number of aromatic carboxylic acids is 1. The standard InChI is InChI=1S/C14H21N3O2/c1-14(2,3)17-8-6-16(7-9-17)12-10-15-5-4-11(12)13(18)19/h4-5,10H,6-9H2,1-3H3,(H,18,19). The summed E-state index contributed by atoms with van der Waals surface area (Å²) in [5, 5.41) is 9.21. The van der Waals surface area contributed by atoms with Crippen molar-refractivity contribution in [2.45, 2.75) is 26.3 Å². The number of aromatic nitrogens is 1. The molecule has 0 saturated carbocycles. The molecule has 1 aliphatic heterocycles. The lowest BCUT2D eigenvalue weighted by Gasteiger charge is -2.43. The minimum absolute atomic E-state index is 0.163. The summed E-state index contributed by atoms with van der Waals surface area (Å²) in [6, 6.07) is 1.56. The van der Waals surface area contributed by atoms with Crippen LogP contribution in [0.15, 0.2) is 18.5 Å². The van der Waals surface area contributed by atoms with E-state index in [0.717, 1.165) is 31.9 Å². The summed E-state index contributed by atoms with van der Waals surface area (Å²) >= 11 is 0. The predicted octanol–water partition coefficient (Wildman–Crippen LogP) is 1.70. The highest BCUT2D eigenvalue weighted by Gasteiger charge is 2.27. The van der Waals surface area contributed by atoms with E-state index in [9.17, 15) is 9.90 Å². The molecule has 1 fully saturated rings. The van der Waals surface area contributed by atoms with Crippen LogP contribution in [0.1, 0.15) is 31.1 Å². The summed E-state index contributed by atoms with van der Waals surface area (Å²) in [5.41, 5.74) is 1.22. The summed E-state index contributed by atoms with van der Waals surface area (Å²) in [7, 11) is 0. The highest BCUT2D eigenvalue weighted by molar-refractivity contribution is 5.94. The largest absolute Gasteiger partial charge is 0.478 e. The van der Waals surface area contributed by atoms with Crippen LogP contribution in [0.3, 0.4) is 0 Å². The van der Waals surface area contributed by atoms with Gasteiger partial charge in [-0.2, -0.15) is 0 Å². The van der Waals surface area contributed by atoms with Gasteiger partial charge in [0.05, 0.1) is 17.4 Å². The van der Waals surface area contributed by atoms with Gasteiger partial charge in [0.1, 0.15) is 0 Å². The van der Waals surface area contributed by atoms with E-state index in [-0.39, 0.29) is 5.54 Å². The zero-order valence-electron chi connectivity index (χ0n) is 11.8. The molecule has 104 valence electrons. The number of rotatable bonds is 2. The lowest BCUT2D eigenvalue weighted by molar-refractivity contribution is 0.0696. The normalized spacial score (nSPS) is 17.5. The lowest BCUT2D eigenvalue weighted by Crippen LogP contribution is -2.53. The molecule has 0 aliphatic carbocycles. The van der Waals surface area contributed by atoms with Crippen LogP contribution in [-0.4, -0.2) is 52.7 Å². The van der Waals surface area contributed by atoms with E-state index >= 15 is 0 Å². The van der Waals surface area contributed by atoms with Gasteiger partial charge in [0.2, 0.25) is 0 Å². The van der Waals surface area contributed by atoms with Crippen LogP contribution in [0.2, 0.25) is 0 Å². The van der Waals surface area contributed by atoms with Crippen molar-refractivity contribution in [3.05, 3.63) is 24.0 Å². The highest BCUT2D eigenvalue weighted by atomic mass is 16.4. The van der Waals surface area contributed by atoms with Gasteiger partial charge in [0.25, 0.3) is 0 Å². The van der Waals surface area contributed by atoms with E-state index in [1.54, 1.807) is 12.3 Å². The van der Waals surface area contributed by atoms with E-state index < -0.39 is 5.97 Å². The molecule has 2 heterocycles. The maximum absolute atomic E-state index is 11.2. The maximum atomic E-state index is 11.2. The molecule has 0 aromatic carbocycles. The number of nitrogens with zero attached hydrogens (tertiary/aromatic N) is 3. The van der Waals surface area contributed by atoms with Gasteiger partial charge in [-0.25, -0.2) is 4.79 Å². The Labute approximate surface area is 113 Å². The molecule has 0 atom stereocenters. The Morgan fingerprint density at radius 2 is 1.89 bits per heavy atom. The van der Waals surface area contributed by atoms with Crippen molar-refractivity contribution in [2.75, 3.05) is 31.1 Å². The number of anilines is 1. The molecule has 1 saturated heterocycles. The molecular formula is C14H21N3O2. The summed E-state index contributed by atoms with van der Waals surface area (Å²) in [5.74, 6) is -0.893. The summed E-state index contributed by atoms with van der Waals surface area (Å²) in [6.07, 6.45) is 3.18. The first-order valence-corrected chi connectivity index (χ1v) is 6.57. The Balaban J connectivity index is 2.12. The smallest absolute Gasteiger partial charge is 0.337 e. The Morgan fingerprint density at radius 3 is 2.42 bits per heavy atom. The van der Waals surface area contributed by atoms with E-state index in [1.807, 2.05) is 0 Å². The van der Waals surface area contributed by atoms with Crippen molar-refractivity contribution in [1.82, 2.24) is 9.88 Å². The third-order valence-electron chi connectivity index (χ3n) is 3.60. The second-order valence-electron chi connectivity index (χ2n) is 5.84. The van der Waals surface area contributed by atoms with Crippen LogP contribution in [-0.2, 0) is 0 Å². The van der Waals surface area contributed by atoms with E-state index in [2.05, 4.69) is 35.6 Å². The Morgan fingerprint density at radius 1 is 1.26 bits per heavy atom. The first-order chi connectivity index (χ1) is 8.89. The topological polar surface area (TPSA) is 56.7 Å². The number of carbonyl (C=O) groups is 1. The molecule has 0 spiro atoms. The zero-order valence-corrected chi connectivity index (χ0v) is 11.8. The van der Waals surface area contributed by atoms with Gasteiger partial charge < -0.3 is 10.0 Å². The molecule has 0 unspecified atom stereocenters. The number of piperazine rings is 1. The molecule has 0 bridgehead atoms. The van der Waals surface area contributed by atoms with Crippen molar-refractivity contribution in [2.24, 2.45) is 0 Å². The molecule has 1 aliphatic rings. The van der Waals surface area contributed by atoms with Gasteiger partial charge in [-0.05, 0) is 26.8 Å². The monoisotopic (exact) mass is 263 g/mol. The van der Waals surface area contributed by atoms with Gasteiger partial charge in [0, 0.05) is 37.9 Å². The Kier molecular flexibility index (Phi) is 3.75. The zero-order chi connectivity index (χ0) is 14.0. The van der Waals surface area contributed by atoms with Gasteiger partial charge >= 0.3 is 5.97 Å². The number of carboxylic acid groups (broad SMARTS) is 1. The minimum Gasteiger partial charge on any atom is -0.478 e. The van der Waals surface area contributed by atoms with Crippen LogP contribution < -0.4 is 4.90 Å². The predicted molar refractivity (Wildman–Crippen MR) is 74.7 cm³/mol. The van der Waals surface area contributed by atoms with Crippen molar-refractivity contribution < 1.29 is 9.90 Å². The first-order valence-electron chi connectivity index (χ1n) is 6.57. The molecule has 1 aromatic heterocycles. The summed E-state index contributed by atoms with van der Waals surface area (Å²) in [6.45, 7) is 10.2. The van der Waals surface area contributed by atoms with Gasteiger partial charge in [-0.15, -0.1) is 0 Å². The van der Waals surface area contributed by atoms with Crippen LogP contribution >= 0.6 is 0 Å². The van der Waals surface area contributed by atoms with E-state index in [1.165, 1.54) is 6.20 Å². The minimum atomic E-state index is -0.893. The Bertz CT molecular complexity index is 460. The lowest BCUT2D eigenvalue weighted by atomic mass is 10.0. The summed E-state index contributed by atoms with van der Waals surface area (Å²) < 4.78 is 0. The number of hydrogen-bond donors (Lipinski definition) is 1. The van der Waals surface area contributed by atoms with Crippen molar-refractivity contribution >= 4 is 11.7 Å². The van der Waals surface area contributed by atoms with Gasteiger partial charge in [-0.3, -0.25) is 9.88 Å². The van der Waals surface area contributed by atoms with Crippen LogP contribution in [0.5, 0.6) is 0 Å². The van der Waals surface area contributed by atoms with Crippen LogP contribution in [0.25, 0.3) is 0 Å². The SMILES string of the molecule is CC(C)(C)N1CCN(c2cnccc2C(=O)O)CC1. The molecule has 0 amide bonds. The quantitative estimate of drug-likeness (QED) is 0.880. The molecule has 5 heteroatoms. The maximum Gasteiger partial charge on any atom is 0.337 e. The van der Waals surface area contributed by atoms with E-state index in [4.69, 9.17) is 0 Å². The molecule has 1 N–H and O–H groups in total. The average molecular weight is 263 g/mol. The third-order valence-corrected chi connectivity index (χ3v) is 3.60. The molecule has 5 nitrogen and oxygen atoms in total. The molecule has 0 radical (unpaired) electrons. The number of hydrogen-bond acceptors (Lipinski definition) is 4. The molecule has 19 heavy (non-hydrogen) atoms. The van der Waals surface area contributed by atoms with Gasteiger partial charge in [-0.1, -0.05) is 0 Å². The number of carboxylic acids is 1. The fourth-order valence-corrected chi connectivity index (χ4v) is 2.44. The fourth-order valence-electron chi connectivity index (χ4n) is 2.44. The van der Waals surface area contributed by atoms with Crippen molar-refractivity contribution in [3.8, 4) is 0 Å².